The van der Waals surface area contributed by atoms with Crippen LogP contribution in [0.15, 0.2) is 89.0 Å². The van der Waals surface area contributed by atoms with Gasteiger partial charge in [-0.05, 0) is 36.8 Å². The van der Waals surface area contributed by atoms with E-state index in [4.69, 9.17) is 4.42 Å². The molecule has 1 aliphatic heterocycles. The number of hydrogen-bond donors (Lipinski definition) is 1. The standard InChI is InChI=1S/C25H19N3O4S/c1-15-23(33-24(27-15)17-6-3-2-4-7-17)21(29)19-20(18-8-5-13-32-18)28(25(31)22(19)30)14-16-9-11-26-12-10-16/h2-13,20,30H,14H2,1H3. The molecule has 5 rings (SSSR count). The van der Waals surface area contributed by atoms with Crippen molar-refractivity contribution in [2.24, 2.45) is 0 Å². The largest absolute Gasteiger partial charge is 0.503 e. The Hall–Kier alpha value is -4.04. The van der Waals surface area contributed by atoms with Gasteiger partial charge in [-0.3, -0.25) is 14.6 Å². The fourth-order valence-electron chi connectivity index (χ4n) is 3.91. The second-order valence-corrected chi connectivity index (χ2v) is 8.60. The van der Waals surface area contributed by atoms with Gasteiger partial charge in [0.05, 0.1) is 22.4 Å². The van der Waals surface area contributed by atoms with Crippen molar-refractivity contribution in [3.63, 3.8) is 0 Å². The zero-order valence-corrected chi connectivity index (χ0v) is 18.5. The lowest BCUT2D eigenvalue weighted by Gasteiger charge is -2.24. The molecule has 0 radical (unpaired) electrons. The summed E-state index contributed by atoms with van der Waals surface area (Å²) in [5.41, 5.74) is 2.25. The highest BCUT2D eigenvalue weighted by Gasteiger charge is 2.45. The fourth-order valence-corrected chi connectivity index (χ4v) is 4.94. The Morgan fingerprint density at radius 1 is 1.12 bits per heavy atom. The maximum atomic E-state index is 13.7. The molecule has 1 aromatic carbocycles. The Morgan fingerprint density at radius 2 is 1.88 bits per heavy atom. The van der Waals surface area contributed by atoms with Gasteiger partial charge in [-0.15, -0.1) is 11.3 Å². The highest BCUT2D eigenvalue weighted by molar-refractivity contribution is 7.17. The van der Waals surface area contributed by atoms with E-state index in [0.29, 0.717) is 21.3 Å². The Labute approximate surface area is 193 Å². The van der Waals surface area contributed by atoms with Crippen LogP contribution < -0.4 is 0 Å². The molecule has 0 spiro atoms. The van der Waals surface area contributed by atoms with Crippen LogP contribution in [0.4, 0.5) is 0 Å². The molecule has 4 aromatic rings. The number of nitrogens with zero attached hydrogens (tertiary/aromatic N) is 3. The SMILES string of the molecule is Cc1nc(-c2ccccc2)sc1C(=O)C1=C(O)C(=O)N(Cc2ccncc2)C1c1ccco1. The van der Waals surface area contributed by atoms with Gasteiger partial charge in [0.15, 0.2) is 5.76 Å². The van der Waals surface area contributed by atoms with Crippen LogP contribution in [0.1, 0.15) is 32.7 Å². The average molecular weight is 458 g/mol. The number of Topliss-reactive ketones (excluding diaryl/α,β-unsaturated/α-hetero) is 1. The van der Waals surface area contributed by atoms with E-state index in [9.17, 15) is 14.7 Å². The second kappa shape index (κ2) is 8.48. The molecule has 0 saturated carbocycles. The molecule has 0 bridgehead atoms. The number of ketones is 1. The van der Waals surface area contributed by atoms with Crippen LogP contribution in [-0.4, -0.2) is 31.7 Å². The summed E-state index contributed by atoms with van der Waals surface area (Å²) in [7, 11) is 0. The third kappa shape index (κ3) is 3.74. The lowest BCUT2D eigenvalue weighted by atomic mass is 9.99. The van der Waals surface area contributed by atoms with Gasteiger partial charge in [0.1, 0.15) is 16.8 Å². The summed E-state index contributed by atoms with van der Waals surface area (Å²) in [6, 6.07) is 15.7. The number of aliphatic hydroxyl groups excluding tert-OH is 1. The van der Waals surface area contributed by atoms with E-state index in [0.717, 1.165) is 11.1 Å². The van der Waals surface area contributed by atoms with Crippen LogP contribution in [0.3, 0.4) is 0 Å². The minimum Gasteiger partial charge on any atom is -0.503 e. The number of thiazole rings is 1. The van der Waals surface area contributed by atoms with Crippen LogP contribution >= 0.6 is 11.3 Å². The molecule has 7 nitrogen and oxygen atoms in total. The smallest absolute Gasteiger partial charge is 0.290 e. The lowest BCUT2D eigenvalue weighted by molar-refractivity contribution is -0.130. The molecule has 4 heterocycles. The third-order valence-electron chi connectivity index (χ3n) is 5.49. The van der Waals surface area contributed by atoms with E-state index in [-0.39, 0.29) is 12.1 Å². The van der Waals surface area contributed by atoms with E-state index in [2.05, 4.69) is 9.97 Å². The molecular formula is C25H19N3O4S. The molecule has 1 amide bonds. The summed E-state index contributed by atoms with van der Waals surface area (Å²) in [6.07, 6.45) is 4.74. The van der Waals surface area contributed by atoms with Crippen molar-refractivity contribution in [1.82, 2.24) is 14.9 Å². The summed E-state index contributed by atoms with van der Waals surface area (Å²) in [5, 5.41) is 11.5. The number of amides is 1. The van der Waals surface area contributed by atoms with E-state index < -0.39 is 23.5 Å². The Bertz CT molecular complexity index is 1350. The predicted molar refractivity (Wildman–Crippen MR) is 123 cm³/mol. The Morgan fingerprint density at radius 3 is 2.58 bits per heavy atom. The molecule has 164 valence electrons. The number of aliphatic hydroxyl groups is 1. The Kier molecular flexibility index (Phi) is 5.35. The van der Waals surface area contributed by atoms with Crippen LogP contribution in [0.2, 0.25) is 0 Å². The van der Waals surface area contributed by atoms with Gasteiger partial charge in [-0.1, -0.05) is 30.3 Å². The van der Waals surface area contributed by atoms with Crippen LogP contribution in [0, 0.1) is 6.92 Å². The normalized spacial score (nSPS) is 16.0. The summed E-state index contributed by atoms with van der Waals surface area (Å²) >= 11 is 1.24. The first-order valence-electron chi connectivity index (χ1n) is 10.3. The zero-order chi connectivity index (χ0) is 22.9. The van der Waals surface area contributed by atoms with E-state index in [1.165, 1.54) is 22.5 Å². The highest BCUT2D eigenvalue weighted by Crippen LogP contribution is 2.41. The monoisotopic (exact) mass is 457 g/mol. The lowest BCUT2D eigenvalue weighted by Crippen LogP contribution is -2.30. The number of hydrogen-bond acceptors (Lipinski definition) is 7. The second-order valence-electron chi connectivity index (χ2n) is 7.60. The minimum absolute atomic E-state index is 0.00429. The highest BCUT2D eigenvalue weighted by atomic mass is 32.1. The maximum Gasteiger partial charge on any atom is 0.290 e. The van der Waals surface area contributed by atoms with Gasteiger partial charge < -0.3 is 14.4 Å². The van der Waals surface area contributed by atoms with Crippen molar-refractivity contribution in [3.8, 4) is 10.6 Å². The number of carbonyl (C=O) groups is 2. The number of furan rings is 1. The van der Waals surface area contributed by atoms with Gasteiger partial charge in [0, 0.05) is 24.5 Å². The van der Waals surface area contributed by atoms with Crippen LogP contribution in [-0.2, 0) is 11.3 Å². The fraction of sp³-hybridized carbons (Fsp3) is 0.120. The van der Waals surface area contributed by atoms with E-state index >= 15 is 0 Å². The van der Waals surface area contributed by atoms with Gasteiger partial charge in [-0.25, -0.2) is 4.98 Å². The van der Waals surface area contributed by atoms with Gasteiger partial charge in [-0.2, -0.15) is 0 Å². The first kappa shape index (κ1) is 20.8. The van der Waals surface area contributed by atoms with Gasteiger partial charge >= 0.3 is 0 Å². The average Bonchev–Trinajstić information content (AvgIpc) is 3.56. The maximum absolute atomic E-state index is 13.7. The minimum atomic E-state index is -0.852. The third-order valence-corrected chi connectivity index (χ3v) is 6.69. The van der Waals surface area contributed by atoms with Gasteiger partial charge in [0.2, 0.25) is 5.78 Å². The summed E-state index contributed by atoms with van der Waals surface area (Å²) in [5.74, 6) is -1.22. The number of aryl methyl sites for hydroxylation is 1. The summed E-state index contributed by atoms with van der Waals surface area (Å²) in [4.78, 5) is 37.1. The molecule has 3 aromatic heterocycles. The molecule has 1 atom stereocenters. The molecule has 33 heavy (non-hydrogen) atoms. The Balaban J connectivity index is 1.55. The van der Waals surface area contributed by atoms with E-state index in [1.807, 2.05) is 30.3 Å². The number of carbonyl (C=O) groups excluding carboxylic acids is 2. The molecule has 1 aliphatic rings. The summed E-state index contributed by atoms with van der Waals surface area (Å²) in [6.45, 7) is 1.94. The van der Waals surface area contributed by atoms with Gasteiger partial charge in [0.25, 0.3) is 5.91 Å². The van der Waals surface area contributed by atoms with Crippen molar-refractivity contribution in [1.29, 1.82) is 0 Å². The molecule has 8 heteroatoms. The topological polar surface area (TPSA) is 96.5 Å². The first-order chi connectivity index (χ1) is 16.0. The molecule has 0 saturated heterocycles. The quantitative estimate of drug-likeness (QED) is 0.414. The molecule has 0 fully saturated rings. The molecule has 0 aliphatic carbocycles. The predicted octanol–water partition coefficient (Wildman–Crippen LogP) is 4.89. The zero-order valence-electron chi connectivity index (χ0n) is 17.6. The number of benzene rings is 1. The number of pyridine rings is 1. The molecule has 1 N–H and O–H groups in total. The number of rotatable bonds is 6. The first-order valence-corrected chi connectivity index (χ1v) is 11.1. The van der Waals surface area contributed by atoms with Crippen molar-refractivity contribution in [2.45, 2.75) is 19.5 Å². The van der Waals surface area contributed by atoms with Crippen molar-refractivity contribution in [2.75, 3.05) is 0 Å². The number of aromatic nitrogens is 2. The summed E-state index contributed by atoms with van der Waals surface area (Å²) < 4.78 is 5.59. The molecular weight excluding hydrogens is 438 g/mol. The van der Waals surface area contributed by atoms with Crippen molar-refractivity contribution < 1.29 is 19.1 Å². The van der Waals surface area contributed by atoms with Crippen LogP contribution in [0.25, 0.3) is 10.6 Å². The van der Waals surface area contributed by atoms with Crippen LogP contribution in [0.5, 0.6) is 0 Å². The van der Waals surface area contributed by atoms with E-state index in [1.54, 1.807) is 43.6 Å². The van der Waals surface area contributed by atoms with Crippen molar-refractivity contribution >= 4 is 23.0 Å². The molecule has 1 unspecified atom stereocenters. The van der Waals surface area contributed by atoms with Crippen molar-refractivity contribution in [3.05, 3.63) is 106 Å².